The molecule has 0 aromatic heterocycles. The summed E-state index contributed by atoms with van der Waals surface area (Å²) in [5.74, 6) is 0.478. The van der Waals surface area contributed by atoms with Gasteiger partial charge in [0, 0.05) is 22.3 Å². The predicted octanol–water partition coefficient (Wildman–Crippen LogP) is 6.04. The molecule has 0 heterocycles. The van der Waals surface area contributed by atoms with Crippen LogP contribution in [0.25, 0.3) is 0 Å². The van der Waals surface area contributed by atoms with Crippen molar-refractivity contribution < 1.29 is 9.13 Å². The molecule has 1 N–H and O–H groups in total. The van der Waals surface area contributed by atoms with Gasteiger partial charge in [-0.25, -0.2) is 4.39 Å². The molecule has 2 aromatic carbocycles. The van der Waals surface area contributed by atoms with E-state index in [1.165, 1.54) is 6.07 Å². The predicted molar refractivity (Wildman–Crippen MR) is 94.6 cm³/mol. The number of benzene rings is 2. The van der Waals surface area contributed by atoms with E-state index in [0.717, 1.165) is 31.5 Å². The number of anilines is 1. The fourth-order valence-electron chi connectivity index (χ4n) is 2.00. The van der Waals surface area contributed by atoms with Gasteiger partial charge in [-0.3, -0.25) is 0 Å². The van der Waals surface area contributed by atoms with Crippen LogP contribution >= 0.6 is 47.8 Å². The summed E-state index contributed by atoms with van der Waals surface area (Å²) in [4.78, 5) is 0. The molecule has 0 fully saturated rings. The number of methoxy groups -OCH3 is 1. The molecule has 6 heteroatoms. The van der Waals surface area contributed by atoms with E-state index in [9.17, 15) is 4.39 Å². The summed E-state index contributed by atoms with van der Waals surface area (Å²) < 4.78 is 21.3. The number of nitrogens with one attached hydrogen (secondary N) is 1. The van der Waals surface area contributed by atoms with Crippen molar-refractivity contribution in [2.45, 2.75) is 13.5 Å². The SMILES string of the molecule is COc1c(Br)cc(Br)cc1CNc1cc(F)c(Br)cc1C. The molecule has 0 aliphatic heterocycles. The first kappa shape index (κ1) is 16.8. The highest BCUT2D eigenvalue weighted by Gasteiger charge is 2.10. The van der Waals surface area contributed by atoms with Crippen molar-refractivity contribution in [1.29, 1.82) is 0 Å². The lowest BCUT2D eigenvalue weighted by Crippen LogP contribution is -2.04. The Morgan fingerprint density at radius 3 is 2.48 bits per heavy atom. The molecule has 0 spiro atoms. The molecule has 0 saturated carbocycles. The molecule has 0 bridgehead atoms. The van der Waals surface area contributed by atoms with Gasteiger partial charge in [-0.05, 0) is 68.6 Å². The largest absolute Gasteiger partial charge is 0.495 e. The van der Waals surface area contributed by atoms with Gasteiger partial charge in [-0.15, -0.1) is 0 Å². The van der Waals surface area contributed by atoms with Gasteiger partial charge in [0.05, 0.1) is 16.1 Å². The maximum atomic E-state index is 13.6. The number of hydrogen-bond donors (Lipinski definition) is 1. The first-order valence-corrected chi connectivity index (χ1v) is 8.51. The molecule has 2 aromatic rings. The summed E-state index contributed by atoms with van der Waals surface area (Å²) in [5.41, 5.74) is 2.70. The van der Waals surface area contributed by atoms with E-state index in [2.05, 4.69) is 53.1 Å². The molecule has 112 valence electrons. The molecule has 0 atom stereocenters. The van der Waals surface area contributed by atoms with Crippen molar-refractivity contribution >= 4 is 53.5 Å². The minimum absolute atomic E-state index is 0.287. The Kier molecular flexibility index (Phi) is 5.68. The van der Waals surface area contributed by atoms with E-state index >= 15 is 0 Å². The topological polar surface area (TPSA) is 21.3 Å². The van der Waals surface area contributed by atoms with Crippen LogP contribution in [0.3, 0.4) is 0 Å². The standard InChI is InChI=1S/C15H13Br3FNO/c1-8-3-11(17)13(19)6-14(8)20-7-9-4-10(16)5-12(18)15(9)21-2/h3-6,20H,7H2,1-2H3. The zero-order chi connectivity index (χ0) is 15.6. The second-order valence-corrected chi connectivity index (χ2v) is 7.14. The Labute approximate surface area is 148 Å². The van der Waals surface area contributed by atoms with Crippen molar-refractivity contribution in [3.8, 4) is 5.75 Å². The number of rotatable bonds is 4. The van der Waals surface area contributed by atoms with Crippen molar-refractivity contribution in [2.24, 2.45) is 0 Å². The minimum atomic E-state index is -0.287. The molecule has 0 unspecified atom stereocenters. The molecule has 0 radical (unpaired) electrons. The summed E-state index contributed by atoms with van der Waals surface area (Å²) >= 11 is 10.1. The van der Waals surface area contributed by atoms with Crippen LogP contribution in [0.1, 0.15) is 11.1 Å². The minimum Gasteiger partial charge on any atom is -0.495 e. The number of halogens is 4. The molecule has 0 saturated heterocycles. The number of ether oxygens (including phenoxy) is 1. The van der Waals surface area contributed by atoms with Crippen molar-refractivity contribution in [3.05, 3.63) is 54.6 Å². The maximum Gasteiger partial charge on any atom is 0.139 e. The fraction of sp³-hybridized carbons (Fsp3) is 0.200. The molecule has 2 rings (SSSR count). The summed E-state index contributed by atoms with van der Waals surface area (Å²) in [7, 11) is 1.63. The zero-order valence-electron chi connectivity index (χ0n) is 11.4. The van der Waals surface area contributed by atoms with Gasteiger partial charge in [0.25, 0.3) is 0 Å². The van der Waals surface area contributed by atoms with E-state index < -0.39 is 0 Å². The molecule has 0 aliphatic carbocycles. The summed E-state index contributed by atoms with van der Waals surface area (Å²) in [6.07, 6.45) is 0. The maximum absolute atomic E-state index is 13.6. The van der Waals surface area contributed by atoms with E-state index in [1.807, 2.05) is 19.1 Å². The number of hydrogen-bond acceptors (Lipinski definition) is 2. The van der Waals surface area contributed by atoms with Crippen molar-refractivity contribution in [3.63, 3.8) is 0 Å². The average Bonchev–Trinajstić information content (AvgIpc) is 2.41. The van der Waals surface area contributed by atoms with Gasteiger partial charge < -0.3 is 10.1 Å². The lowest BCUT2D eigenvalue weighted by Gasteiger charge is -2.14. The summed E-state index contributed by atoms with van der Waals surface area (Å²) in [6, 6.07) is 7.14. The Bertz CT molecular complexity index is 676. The fourth-order valence-corrected chi connectivity index (χ4v) is 3.93. The summed E-state index contributed by atoms with van der Waals surface area (Å²) in [6.45, 7) is 2.46. The zero-order valence-corrected chi connectivity index (χ0v) is 16.2. The molecule has 0 aliphatic rings. The van der Waals surface area contributed by atoms with Gasteiger partial charge in [-0.1, -0.05) is 15.9 Å². The lowest BCUT2D eigenvalue weighted by atomic mass is 10.1. The smallest absolute Gasteiger partial charge is 0.139 e. The van der Waals surface area contributed by atoms with Crippen LogP contribution in [0.2, 0.25) is 0 Å². The van der Waals surface area contributed by atoms with E-state index in [4.69, 9.17) is 4.74 Å². The van der Waals surface area contributed by atoms with Crippen LogP contribution in [0, 0.1) is 12.7 Å². The van der Waals surface area contributed by atoms with Crippen LogP contribution in [0.15, 0.2) is 37.7 Å². The van der Waals surface area contributed by atoms with Crippen LogP contribution in [0.4, 0.5) is 10.1 Å². The van der Waals surface area contributed by atoms with Gasteiger partial charge in [0.1, 0.15) is 11.6 Å². The first-order chi connectivity index (χ1) is 9.92. The third-order valence-corrected chi connectivity index (χ3v) is 4.68. The third kappa shape index (κ3) is 3.99. The second-order valence-electron chi connectivity index (χ2n) is 4.51. The van der Waals surface area contributed by atoms with E-state index in [1.54, 1.807) is 13.2 Å². The Morgan fingerprint density at radius 2 is 1.81 bits per heavy atom. The van der Waals surface area contributed by atoms with Crippen molar-refractivity contribution in [2.75, 3.05) is 12.4 Å². The second kappa shape index (κ2) is 7.11. The lowest BCUT2D eigenvalue weighted by molar-refractivity contribution is 0.407. The average molecular weight is 482 g/mol. The van der Waals surface area contributed by atoms with Crippen LogP contribution in [-0.2, 0) is 6.54 Å². The van der Waals surface area contributed by atoms with E-state index in [-0.39, 0.29) is 5.82 Å². The van der Waals surface area contributed by atoms with Gasteiger partial charge in [0.2, 0.25) is 0 Å². The van der Waals surface area contributed by atoms with Gasteiger partial charge in [0.15, 0.2) is 0 Å². The van der Waals surface area contributed by atoms with Crippen LogP contribution < -0.4 is 10.1 Å². The number of aryl methyl sites for hydroxylation is 1. The highest BCUT2D eigenvalue weighted by Crippen LogP contribution is 2.33. The van der Waals surface area contributed by atoms with Crippen molar-refractivity contribution in [1.82, 2.24) is 0 Å². The highest BCUT2D eigenvalue weighted by atomic mass is 79.9. The van der Waals surface area contributed by atoms with Crippen LogP contribution in [-0.4, -0.2) is 7.11 Å². The van der Waals surface area contributed by atoms with E-state index in [0.29, 0.717) is 11.0 Å². The molecule has 0 amide bonds. The summed E-state index contributed by atoms with van der Waals surface area (Å²) in [5, 5.41) is 3.24. The third-order valence-electron chi connectivity index (χ3n) is 3.03. The van der Waals surface area contributed by atoms with Gasteiger partial charge >= 0.3 is 0 Å². The van der Waals surface area contributed by atoms with Gasteiger partial charge in [-0.2, -0.15) is 0 Å². The highest BCUT2D eigenvalue weighted by molar-refractivity contribution is 9.11. The molecular weight excluding hydrogens is 469 g/mol. The normalized spacial score (nSPS) is 10.6. The van der Waals surface area contributed by atoms with Crippen LogP contribution in [0.5, 0.6) is 5.75 Å². The Morgan fingerprint density at radius 1 is 1.10 bits per heavy atom. The quantitative estimate of drug-likeness (QED) is 0.574. The molecule has 2 nitrogen and oxygen atoms in total. The monoisotopic (exact) mass is 479 g/mol. The Balaban J connectivity index is 2.26. The Hall–Kier alpha value is -0.590. The molecular formula is C15H13Br3FNO. The first-order valence-electron chi connectivity index (χ1n) is 6.13. The molecule has 21 heavy (non-hydrogen) atoms.